The molecule has 0 aliphatic heterocycles. The van der Waals surface area contributed by atoms with Crippen LogP contribution in [0.2, 0.25) is 0 Å². The summed E-state index contributed by atoms with van der Waals surface area (Å²) >= 11 is 0. The van der Waals surface area contributed by atoms with E-state index in [1.54, 1.807) is 0 Å². The number of esters is 1. The van der Waals surface area contributed by atoms with E-state index in [4.69, 9.17) is 4.74 Å². The van der Waals surface area contributed by atoms with E-state index in [9.17, 15) is 14.3 Å². The van der Waals surface area contributed by atoms with Crippen molar-refractivity contribution in [2.24, 2.45) is 22.7 Å². The van der Waals surface area contributed by atoms with Crippen LogP contribution in [0.25, 0.3) is 0 Å². The van der Waals surface area contributed by atoms with E-state index < -0.39 is 12.3 Å². The first-order valence-corrected chi connectivity index (χ1v) is 9.67. The molecule has 4 aliphatic rings. The smallest absolute Gasteiger partial charge is 0.303 e. The average molecular weight is 348 g/mol. The molecule has 4 heteroatoms. The van der Waals surface area contributed by atoms with Crippen LogP contribution in [0.4, 0.5) is 4.39 Å². The van der Waals surface area contributed by atoms with Gasteiger partial charge in [-0.25, -0.2) is 4.39 Å². The number of ether oxygens (including phenoxy) is 1. The van der Waals surface area contributed by atoms with Crippen LogP contribution in [0.1, 0.15) is 59.3 Å². The molecule has 4 rings (SSSR count). The van der Waals surface area contributed by atoms with Gasteiger partial charge in [0.25, 0.3) is 0 Å². The van der Waals surface area contributed by atoms with Crippen LogP contribution in [0.15, 0.2) is 23.3 Å². The number of fused-ring (bicyclic) bond motifs is 4. The largest absolute Gasteiger partial charge is 0.459 e. The predicted octanol–water partition coefficient (Wildman–Crippen LogP) is 4.11. The van der Waals surface area contributed by atoms with Gasteiger partial charge in [-0.1, -0.05) is 37.1 Å². The van der Waals surface area contributed by atoms with E-state index in [0.717, 1.165) is 32.1 Å². The van der Waals surface area contributed by atoms with Crippen LogP contribution < -0.4 is 0 Å². The second-order valence-electron chi connectivity index (χ2n) is 9.03. The lowest BCUT2D eigenvalue weighted by Gasteiger charge is -2.54. The SMILES string of the molecule is CC(=O)OC1C(F)CC2=C3CCC4CC(O)C=C[C@]4(C)[C@@H]3CC[C@@]21C. The molecular formula is C21H29FO3. The summed E-state index contributed by atoms with van der Waals surface area (Å²) < 4.78 is 20.2. The lowest BCUT2D eigenvalue weighted by Crippen LogP contribution is -2.47. The number of aliphatic hydroxyl groups is 1. The summed E-state index contributed by atoms with van der Waals surface area (Å²) in [5, 5.41) is 10.0. The van der Waals surface area contributed by atoms with Gasteiger partial charge >= 0.3 is 5.97 Å². The standard InChI is InChI=1S/C21H29FO3/c1-12(23)25-19-18(22)11-17-15-5-4-13-10-14(24)6-8-20(13,2)16(15)7-9-21(17,19)3/h6,8,13-14,16,18-19,24H,4-5,7,9-11H2,1-3H3/t13?,14?,16-,18?,19?,20+,21+/m1/s1. The molecule has 0 radical (unpaired) electrons. The number of hydrogen-bond donors (Lipinski definition) is 1. The molecule has 3 nitrogen and oxygen atoms in total. The van der Waals surface area contributed by atoms with Gasteiger partial charge in [0.15, 0.2) is 0 Å². The Morgan fingerprint density at radius 3 is 2.84 bits per heavy atom. The number of hydrogen-bond acceptors (Lipinski definition) is 3. The van der Waals surface area contributed by atoms with E-state index in [0.29, 0.717) is 18.3 Å². The molecule has 4 aliphatic carbocycles. The highest BCUT2D eigenvalue weighted by molar-refractivity contribution is 5.66. The van der Waals surface area contributed by atoms with Gasteiger partial charge in [0, 0.05) is 18.8 Å². The fraction of sp³-hybridized carbons (Fsp3) is 0.762. The number of allylic oxidation sites excluding steroid dienone is 2. The van der Waals surface area contributed by atoms with Gasteiger partial charge in [-0.15, -0.1) is 0 Å². The molecule has 2 saturated carbocycles. The van der Waals surface area contributed by atoms with E-state index >= 15 is 0 Å². The number of carbonyl (C=O) groups is 1. The first-order valence-electron chi connectivity index (χ1n) is 9.67. The van der Waals surface area contributed by atoms with Gasteiger partial charge in [-0.2, -0.15) is 0 Å². The van der Waals surface area contributed by atoms with E-state index in [1.165, 1.54) is 18.1 Å². The van der Waals surface area contributed by atoms with Crippen LogP contribution in [0, 0.1) is 22.7 Å². The summed E-state index contributed by atoms with van der Waals surface area (Å²) in [5.74, 6) is 0.543. The molecule has 1 N–H and O–H groups in total. The number of carbonyl (C=O) groups excluding carboxylic acids is 1. The summed E-state index contributed by atoms with van der Waals surface area (Å²) in [6.07, 6.45) is 7.30. The van der Waals surface area contributed by atoms with Gasteiger partial charge in [0.1, 0.15) is 12.3 Å². The van der Waals surface area contributed by atoms with Crippen molar-refractivity contribution < 1.29 is 19.0 Å². The minimum absolute atomic E-state index is 0.0620. The second-order valence-corrected chi connectivity index (χ2v) is 9.03. The molecule has 0 bridgehead atoms. The van der Waals surface area contributed by atoms with E-state index in [-0.39, 0.29) is 22.9 Å². The van der Waals surface area contributed by atoms with Gasteiger partial charge in [0.05, 0.1) is 6.10 Å². The van der Waals surface area contributed by atoms with E-state index in [2.05, 4.69) is 19.9 Å². The topological polar surface area (TPSA) is 46.5 Å². The third-order valence-electron chi connectivity index (χ3n) is 7.69. The lowest BCUT2D eigenvalue weighted by atomic mass is 9.51. The minimum Gasteiger partial charge on any atom is -0.459 e. The number of aliphatic hydroxyl groups excluding tert-OH is 1. The van der Waals surface area contributed by atoms with Crippen molar-refractivity contribution >= 4 is 5.97 Å². The fourth-order valence-electron chi connectivity index (χ4n) is 6.36. The molecular weight excluding hydrogens is 319 g/mol. The molecule has 0 spiro atoms. The summed E-state index contributed by atoms with van der Waals surface area (Å²) in [7, 11) is 0. The third-order valence-corrected chi connectivity index (χ3v) is 7.69. The number of halogens is 1. The third kappa shape index (κ3) is 2.43. The van der Waals surface area contributed by atoms with Crippen molar-refractivity contribution in [3.8, 4) is 0 Å². The summed E-state index contributed by atoms with van der Waals surface area (Å²) in [4.78, 5) is 11.5. The molecule has 0 saturated heterocycles. The van der Waals surface area contributed by atoms with Gasteiger partial charge in [-0.3, -0.25) is 4.79 Å². The molecule has 25 heavy (non-hydrogen) atoms. The number of alkyl halides is 1. The quantitative estimate of drug-likeness (QED) is 0.573. The summed E-state index contributed by atoms with van der Waals surface area (Å²) in [6, 6.07) is 0. The Labute approximate surface area is 149 Å². The summed E-state index contributed by atoms with van der Waals surface area (Å²) in [5.41, 5.74) is 2.36. The highest BCUT2D eigenvalue weighted by atomic mass is 19.1. The predicted molar refractivity (Wildman–Crippen MR) is 93.5 cm³/mol. The normalized spacial score (nSPS) is 48.6. The van der Waals surface area contributed by atoms with Crippen molar-refractivity contribution in [2.75, 3.05) is 0 Å². The van der Waals surface area contributed by atoms with Crippen molar-refractivity contribution in [2.45, 2.75) is 77.7 Å². The van der Waals surface area contributed by atoms with Gasteiger partial charge in [-0.05, 0) is 49.4 Å². The lowest BCUT2D eigenvalue weighted by molar-refractivity contribution is -0.154. The molecule has 138 valence electrons. The maximum Gasteiger partial charge on any atom is 0.303 e. The Balaban J connectivity index is 1.74. The van der Waals surface area contributed by atoms with Crippen molar-refractivity contribution in [1.29, 1.82) is 0 Å². The maximum absolute atomic E-state index is 14.8. The Morgan fingerprint density at radius 2 is 2.12 bits per heavy atom. The molecule has 0 heterocycles. The Morgan fingerprint density at radius 1 is 1.36 bits per heavy atom. The van der Waals surface area contributed by atoms with Crippen molar-refractivity contribution in [3.63, 3.8) is 0 Å². The Bertz CT molecular complexity index is 654. The zero-order chi connectivity index (χ0) is 18.0. The maximum atomic E-state index is 14.8. The van der Waals surface area contributed by atoms with Crippen LogP contribution in [0.3, 0.4) is 0 Å². The highest BCUT2D eigenvalue weighted by Gasteiger charge is 2.58. The Kier molecular flexibility index (Phi) is 3.91. The molecule has 0 aromatic rings. The van der Waals surface area contributed by atoms with E-state index in [1.807, 2.05) is 6.08 Å². The minimum atomic E-state index is -1.09. The number of rotatable bonds is 1. The first-order chi connectivity index (χ1) is 11.8. The fourth-order valence-corrected chi connectivity index (χ4v) is 6.36. The average Bonchev–Trinajstić information content (AvgIpc) is 2.79. The Hall–Kier alpha value is -1.16. The van der Waals surface area contributed by atoms with Gasteiger partial charge in [0.2, 0.25) is 0 Å². The van der Waals surface area contributed by atoms with Crippen LogP contribution >= 0.6 is 0 Å². The van der Waals surface area contributed by atoms with Crippen molar-refractivity contribution in [1.82, 2.24) is 0 Å². The molecule has 7 atom stereocenters. The van der Waals surface area contributed by atoms with Crippen molar-refractivity contribution in [3.05, 3.63) is 23.3 Å². The molecule has 4 unspecified atom stereocenters. The monoisotopic (exact) mass is 348 g/mol. The zero-order valence-electron chi connectivity index (χ0n) is 15.4. The zero-order valence-corrected chi connectivity index (χ0v) is 15.4. The van der Waals surface area contributed by atoms with Gasteiger partial charge < -0.3 is 9.84 Å². The van der Waals surface area contributed by atoms with Crippen LogP contribution in [-0.4, -0.2) is 29.5 Å². The second kappa shape index (κ2) is 5.67. The molecule has 2 fully saturated rings. The van der Waals surface area contributed by atoms with Crippen LogP contribution in [0.5, 0.6) is 0 Å². The first kappa shape index (κ1) is 17.3. The summed E-state index contributed by atoms with van der Waals surface area (Å²) in [6.45, 7) is 5.78. The highest BCUT2D eigenvalue weighted by Crippen LogP contribution is 2.63. The molecule has 0 amide bonds. The molecule has 0 aromatic carbocycles. The van der Waals surface area contributed by atoms with Crippen LogP contribution in [-0.2, 0) is 9.53 Å². The molecule has 0 aromatic heterocycles.